The Labute approximate surface area is 171 Å². The predicted molar refractivity (Wildman–Crippen MR) is 104 cm³/mol. The number of hydrogen-bond acceptors (Lipinski definition) is 5. The van der Waals surface area contributed by atoms with Crippen LogP contribution in [0.1, 0.15) is 28.8 Å². The monoisotopic (exact) mass is 421 g/mol. The van der Waals surface area contributed by atoms with Gasteiger partial charge in [0.1, 0.15) is 28.8 Å². The smallest absolute Gasteiger partial charge is 0.257 e. The lowest BCUT2D eigenvalue weighted by Crippen LogP contribution is -2.44. The van der Waals surface area contributed by atoms with Crippen LogP contribution in [0.5, 0.6) is 0 Å². The van der Waals surface area contributed by atoms with Gasteiger partial charge in [0, 0.05) is 5.56 Å². The van der Waals surface area contributed by atoms with Gasteiger partial charge in [-0.1, -0.05) is 34.4 Å². The summed E-state index contributed by atoms with van der Waals surface area (Å²) in [6, 6.07) is 7.63. The van der Waals surface area contributed by atoms with Crippen molar-refractivity contribution in [1.29, 1.82) is 0 Å². The summed E-state index contributed by atoms with van der Waals surface area (Å²) in [5.74, 6) is 0.00523. The molecule has 0 spiro atoms. The van der Waals surface area contributed by atoms with Gasteiger partial charge in [-0.05, 0) is 38.1 Å². The van der Waals surface area contributed by atoms with Gasteiger partial charge in [-0.3, -0.25) is 9.59 Å². The van der Waals surface area contributed by atoms with E-state index in [1.807, 2.05) is 0 Å². The van der Waals surface area contributed by atoms with E-state index in [0.29, 0.717) is 21.4 Å². The summed E-state index contributed by atoms with van der Waals surface area (Å²) in [7, 11) is 0. The van der Waals surface area contributed by atoms with Crippen molar-refractivity contribution in [1.82, 2.24) is 15.8 Å². The van der Waals surface area contributed by atoms with Crippen LogP contribution in [0.2, 0.25) is 10.0 Å². The number of benzene rings is 1. The number of aromatic nitrogens is 1. The van der Waals surface area contributed by atoms with Crippen LogP contribution in [-0.2, 0) is 11.3 Å². The first-order valence-electron chi connectivity index (χ1n) is 8.40. The molecule has 2 aromatic heterocycles. The number of nitrogens with one attached hydrogen (secondary N) is 2. The van der Waals surface area contributed by atoms with Gasteiger partial charge < -0.3 is 19.6 Å². The Morgan fingerprint density at radius 2 is 1.89 bits per heavy atom. The molecule has 1 atom stereocenters. The first-order valence-corrected chi connectivity index (χ1v) is 9.15. The van der Waals surface area contributed by atoms with Crippen molar-refractivity contribution in [3.8, 4) is 11.3 Å². The molecule has 9 heteroatoms. The summed E-state index contributed by atoms with van der Waals surface area (Å²) in [6.45, 7) is 3.39. The van der Waals surface area contributed by atoms with Gasteiger partial charge in [0.25, 0.3) is 5.91 Å². The quantitative estimate of drug-likeness (QED) is 0.626. The molecule has 1 aromatic carbocycles. The molecule has 0 bridgehead atoms. The van der Waals surface area contributed by atoms with E-state index in [4.69, 9.17) is 32.1 Å². The maximum atomic E-state index is 12.8. The lowest BCUT2D eigenvalue weighted by molar-refractivity contribution is -0.122. The summed E-state index contributed by atoms with van der Waals surface area (Å²) < 4.78 is 10.3. The summed E-state index contributed by atoms with van der Waals surface area (Å²) in [4.78, 5) is 25.0. The Hall–Kier alpha value is -2.77. The zero-order chi connectivity index (χ0) is 20.3. The van der Waals surface area contributed by atoms with Gasteiger partial charge in [0.05, 0.1) is 22.9 Å². The van der Waals surface area contributed by atoms with Crippen molar-refractivity contribution in [2.24, 2.45) is 0 Å². The number of hydrogen-bond donors (Lipinski definition) is 2. The van der Waals surface area contributed by atoms with Crippen LogP contribution < -0.4 is 10.6 Å². The van der Waals surface area contributed by atoms with Gasteiger partial charge >= 0.3 is 0 Å². The molecule has 0 radical (unpaired) electrons. The average molecular weight is 422 g/mol. The molecule has 3 rings (SSSR count). The number of nitrogens with zero attached hydrogens (tertiary/aromatic N) is 1. The molecular weight excluding hydrogens is 405 g/mol. The molecule has 0 aliphatic carbocycles. The number of aryl methyl sites for hydroxylation is 1. The number of carbonyl (C=O) groups is 2. The maximum absolute atomic E-state index is 12.8. The van der Waals surface area contributed by atoms with Crippen molar-refractivity contribution >= 4 is 35.0 Å². The molecule has 2 N–H and O–H groups in total. The molecule has 2 amide bonds. The van der Waals surface area contributed by atoms with Gasteiger partial charge in [-0.25, -0.2) is 0 Å². The van der Waals surface area contributed by atoms with Gasteiger partial charge in [0.15, 0.2) is 0 Å². The highest BCUT2D eigenvalue weighted by Gasteiger charge is 2.27. The van der Waals surface area contributed by atoms with Crippen LogP contribution in [0.4, 0.5) is 0 Å². The third-order valence-electron chi connectivity index (χ3n) is 4.05. The van der Waals surface area contributed by atoms with Gasteiger partial charge in [-0.2, -0.15) is 0 Å². The highest BCUT2D eigenvalue weighted by molar-refractivity contribution is 6.39. The SMILES string of the molecule is Cc1onc(-c2c(Cl)cccc2Cl)c1C(=O)NC(C)C(=O)NCc1ccco1. The predicted octanol–water partition coefficient (Wildman–Crippen LogP) is 3.98. The molecule has 28 heavy (non-hydrogen) atoms. The second kappa shape index (κ2) is 8.50. The van der Waals surface area contributed by atoms with E-state index in [0.717, 1.165) is 0 Å². The molecule has 0 aliphatic heterocycles. The Bertz CT molecular complexity index is 979. The van der Waals surface area contributed by atoms with Crippen LogP contribution in [0.15, 0.2) is 45.5 Å². The van der Waals surface area contributed by atoms with Crippen molar-refractivity contribution in [2.45, 2.75) is 26.4 Å². The number of carbonyl (C=O) groups excluding carboxylic acids is 2. The fourth-order valence-corrected chi connectivity index (χ4v) is 3.19. The van der Waals surface area contributed by atoms with E-state index in [1.54, 1.807) is 44.2 Å². The van der Waals surface area contributed by atoms with E-state index in [2.05, 4.69) is 15.8 Å². The van der Waals surface area contributed by atoms with E-state index >= 15 is 0 Å². The van der Waals surface area contributed by atoms with Gasteiger partial charge in [0.2, 0.25) is 5.91 Å². The van der Waals surface area contributed by atoms with Crippen molar-refractivity contribution in [3.63, 3.8) is 0 Å². The van der Waals surface area contributed by atoms with Crippen LogP contribution in [0.25, 0.3) is 11.3 Å². The number of halogens is 2. The number of furan rings is 1. The average Bonchev–Trinajstić information content (AvgIpc) is 3.29. The first-order chi connectivity index (χ1) is 13.4. The lowest BCUT2D eigenvalue weighted by Gasteiger charge is -2.14. The molecule has 0 fully saturated rings. The molecule has 1 unspecified atom stereocenters. The van der Waals surface area contributed by atoms with Crippen LogP contribution in [-0.4, -0.2) is 23.0 Å². The minimum atomic E-state index is -0.800. The standard InChI is InChI=1S/C19H17Cl2N3O4/c1-10(18(25)22-9-12-5-4-8-27-12)23-19(26)15-11(2)28-24-17(15)16-13(20)6-3-7-14(16)21/h3-8,10H,9H2,1-2H3,(H,22,25)(H,23,26). The van der Waals surface area contributed by atoms with Crippen molar-refractivity contribution < 1.29 is 18.5 Å². The Morgan fingerprint density at radius 1 is 1.18 bits per heavy atom. The van der Waals surface area contributed by atoms with Crippen LogP contribution >= 0.6 is 23.2 Å². The Kier molecular flexibility index (Phi) is 6.06. The van der Waals surface area contributed by atoms with E-state index in [9.17, 15) is 9.59 Å². The zero-order valence-electron chi connectivity index (χ0n) is 15.1. The summed E-state index contributed by atoms with van der Waals surface area (Å²) in [5.41, 5.74) is 0.775. The largest absolute Gasteiger partial charge is 0.467 e. The first kappa shape index (κ1) is 20.0. The van der Waals surface area contributed by atoms with Crippen molar-refractivity contribution in [2.75, 3.05) is 0 Å². The van der Waals surface area contributed by atoms with Crippen molar-refractivity contribution in [3.05, 3.63) is 63.7 Å². The second-order valence-corrected chi connectivity index (χ2v) is 6.87. The molecular formula is C19H17Cl2N3O4. The molecule has 3 aromatic rings. The second-order valence-electron chi connectivity index (χ2n) is 6.05. The maximum Gasteiger partial charge on any atom is 0.257 e. The van der Waals surface area contributed by atoms with E-state index < -0.39 is 11.9 Å². The Balaban J connectivity index is 1.76. The molecule has 7 nitrogen and oxygen atoms in total. The third kappa shape index (κ3) is 4.21. The van der Waals surface area contributed by atoms with Crippen LogP contribution in [0.3, 0.4) is 0 Å². The van der Waals surface area contributed by atoms with Crippen LogP contribution in [0, 0.1) is 6.92 Å². The minimum absolute atomic E-state index is 0.167. The van der Waals surface area contributed by atoms with E-state index in [1.165, 1.54) is 6.26 Å². The molecule has 0 saturated carbocycles. The summed E-state index contributed by atoms with van der Waals surface area (Å²) in [6.07, 6.45) is 1.52. The topological polar surface area (TPSA) is 97.4 Å². The zero-order valence-corrected chi connectivity index (χ0v) is 16.6. The summed E-state index contributed by atoms with van der Waals surface area (Å²) >= 11 is 12.5. The van der Waals surface area contributed by atoms with E-state index in [-0.39, 0.29) is 29.5 Å². The molecule has 0 saturated heterocycles. The third-order valence-corrected chi connectivity index (χ3v) is 4.68. The number of rotatable bonds is 6. The normalized spacial score (nSPS) is 11.9. The Morgan fingerprint density at radius 3 is 2.54 bits per heavy atom. The fourth-order valence-electron chi connectivity index (χ4n) is 2.61. The molecule has 2 heterocycles. The highest BCUT2D eigenvalue weighted by Crippen LogP contribution is 2.36. The lowest BCUT2D eigenvalue weighted by atomic mass is 10.0. The highest BCUT2D eigenvalue weighted by atomic mass is 35.5. The molecule has 0 aliphatic rings. The molecule has 146 valence electrons. The van der Waals surface area contributed by atoms with Gasteiger partial charge in [-0.15, -0.1) is 0 Å². The fraction of sp³-hybridized carbons (Fsp3) is 0.211. The summed E-state index contributed by atoms with van der Waals surface area (Å²) in [5, 5.41) is 9.92. The minimum Gasteiger partial charge on any atom is -0.467 e. The number of amides is 2.